The van der Waals surface area contributed by atoms with Gasteiger partial charge in [0.2, 0.25) is 0 Å². The summed E-state index contributed by atoms with van der Waals surface area (Å²) in [5.74, 6) is -0.246. The second kappa shape index (κ2) is 8.49. The summed E-state index contributed by atoms with van der Waals surface area (Å²) in [4.78, 5) is 0. The Morgan fingerprint density at radius 3 is 2.67 bits per heavy atom. The highest BCUT2D eigenvalue weighted by atomic mass is 35.5. The number of unbranched alkanes of at least 4 members (excludes halogenated alkanes) is 4. The summed E-state index contributed by atoms with van der Waals surface area (Å²) in [6.45, 7) is 2.21. The van der Waals surface area contributed by atoms with Crippen molar-refractivity contribution >= 4 is 11.6 Å². The zero-order chi connectivity index (χ0) is 13.4. The summed E-state index contributed by atoms with van der Waals surface area (Å²) in [6, 6.07) is 4.53. The summed E-state index contributed by atoms with van der Waals surface area (Å²) in [5.41, 5.74) is 6.88. The van der Waals surface area contributed by atoms with Gasteiger partial charge in [0.15, 0.2) is 0 Å². The van der Waals surface area contributed by atoms with Gasteiger partial charge < -0.3 is 5.73 Å². The van der Waals surface area contributed by atoms with Crippen molar-refractivity contribution in [3.63, 3.8) is 0 Å². The number of hydrogen-bond acceptors (Lipinski definition) is 1. The van der Waals surface area contributed by atoms with Crippen LogP contribution in [0.4, 0.5) is 4.39 Å². The number of benzene rings is 1. The van der Waals surface area contributed by atoms with Gasteiger partial charge in [-0.15, -0.1) is 0 Å². The molecule has 1 nitrogen and oxygen atoms in total. The van der Waals surface area contributed by atoms with Crippen LogP contribution in [0.25, 0.3) is 0 Å². The normalized spacial score (nSPS) is 12.7. The smallest absolute Gasteiger partial charge is 0.123 e. The highest BCUT2D eigenvalue weighted by molar-refractivity contribution is 6.31. The minimum Gasteiger partial charge on any atom is -0.327 e. The topological polar surface area (TPSA) is 26.0 Å². The maximum absolute atomic E-state index is 13.1. The Morgan fingerprint density at radius 1 is 1.22 bits per heavy atom. The zero-order valence-corrected chi connectivity index (χ0v) is 11.8. The van der Waals surface area contributed by atoms with Crippen molar-refractivity contribution in [2.45, 2.75) is 57.9 Å². The first-order chi connectivity index (χ1) is 8.63. The van der Waals surface area contributed by atoms with Crippen molar-refractivity contribution in [1.29, 1.82) is 0 Å². The maximum Gasteiger partial charge on any atom is 0.123 e. The Balaban J connectivity index is 2.30. The average Bonchev–Trinajstić information content (AvgIpc) is 2.33. The van der Waals surface area contributed by atoms with E-state index in [4.69, 9.17) is 17.3 Å². The van der Waals surface area contributed by atoms with E-state index in [9.17, 15) is 4.39 Å². The first kappa shape index (κ1) is 15.5. The standard InChI is InChI=1S/C15H23ClFN/c1-2-3-4-5-6-7-14(18)11-12-10-13(17)8-9-15(12)16/h8-10,14H,2-7,11,18H2,1H3. The van der Waals surface area contributed by atoms with Crippen LogP contribution in [0.2, 0.25) is 5.02 Å². The van der Waals surface area contributed by atoms with E-state index in [2.05, 4.69) is 6.92 Å². The third kappa shape index (κ3) is 5.83. The number of rotatable bonds is 8. The van der Waals surface area contributed by atoms with Crippen LogP contribution in [0.15, 0.2) is 18.2 Å². The predicted molar refractivity (Wildman–Crippen MR) is 76.5 cm³/mol. The van der Waals surface area contributed by atoms with Crippen LogP contribution < -0.4 is 5.73 Å². The monoisotopic (exact) mass is 271 g/mol. The van der Waals surface area contributed by atoms with Gasteiger partial charge in [0.25, 0.3) is 0 Å². The molecule has 0 saturated heterocycles. The van der Waals surface area contributed by atoms with Crippen molar-refractivity contribution < 1.29 is 4.39 Å². The molecule has 3 heteroatoms. The lowest BCUT2D eigenvalue weighted by molar-refractivity contribution is 0.537. The first-order valence-corrected chi connectivity index (χ1v) is 7.20. The molecule has 0 heterocycles. The lowest BCUT2D eigenvalue weighted by Crippen LogP contribution is -2.22. The molecule has 0 bridgehead atoms. The van der Waals surface area contributed by atoms with Gasteiger partial charge in [-0.1, -0.05) is 50.6 Å². The Morgan fingerprint density at radius 2 is 1.94 bits per heavy atom. The van der Waals surface area contributed by atoms with Gasteiger partial charge in [0, 0.05) is 11.1 Å². The molecule has 1 unspecified atom stereocenters. The van der Waals surface area contributed by atoms with Crippen molar-refractivity contribution in [2.24, 2.45) is 5.73 Å². The zero-order valence-electron chi connectivity index (χ0n) is 11.1. The summed E-state index contributed by atoms with van der Waals surface area (Å²) in [5, 5.41) is 0.609. The minimum atomic E-state index is -0.246. The molecule has 0 fully saturated rings. The Labute approximate surface area is 115 Å². The van der Waals surface area contributed by atoms with Crippen LogP contribution in [-0.4, -0.2) is 6.04 Å². The van der Waals surface area contributed by atoms with Gasteiger partial charge in [-0.2, -0.15) is 0 Å². The van der Waals surface area contributed by atoms with E-state index in [1.54, 1.807) is 6.07 Å². The van der Waals surface area contributed by atoms with E-state index in [0.29, 0.717) is 11.4 Å². The second-order valence-electron chi connectivity index (χ2n) is 4.90. The van der Waals surface area contributed by atoms with E-state index in [1.165, 1.54) is 37.8 Å². The molecular weight excluding hydrogens is 249 g/mol. The lowest BCUT2D eigenvalue weighted by atomic mass is 10.0. The fourth-order valence-electron chi connectivity index (χ4n) is 2.09. The van der Waals surface area contributed by atoms with E-state index in [-0.39, 0.29) is 11.9 Å². The van der Waals surface area contributed by atoms with E-state index in [0.717, 1.165) is 18.4 Å². The lowest BCUT2D eigenvalue weighted by Gasteiger charge is -2.12. The number of nitrogens with two attached hydrogens (primary N) is 1. The maximum atomic E-state index is 13.1. The van der Waals surface area contributed by atoms with Crippen molar-refractivity contribution in [2.75, 3.05) is 0 Å². The van der Waals surface area contributed by atoms with Crippen molar-refractivity contribution in [3.05, 3.63) is 34.6 Å². The van der Waals surface area contributed by atoms with Crippen molar-refractivity contribution in [1.82, 2.24) is 0 Å². The molecule has 0 aliphatic heterocycles. The van der Waals surface area contributed by atoms with E-state index < -0.39 is 0 Å². The third-order valence-corrected chi connectivity index (χ3v) is 3.54. The van der Waals surface area contributed by atoms with Crippen LogP contribution >= 0.6 is 11.6 Å². The van der Waals surface area contributed by atoms with Crippen LogP contribution in [0, 0.1) is 5.82 Å². The van der Waals surface area contributed by atoms with E-state index in [1.807, 2.05) is 0 Å². The molecule has 1 aromatic rings. The highest BCUT2D eigenvalue weighted by Gasteiger charge is 2.08. The molecule has 0 amide bonds. The molecule has 0 aromatic heterocycles. The molecule has 0 saturated carbocycles. The predicted octanol–water partition coefficient (Wildman–Crippen LogP) is 4.71. The SMILES string of the molecule is CCCCCCCC(N)Cc1cc(F)ccc1Cl. The molecule has 1 rings (SSSR count). The van der Waals surface area contributed by atoms with Crippen LogP contribution in [-0.2, 0) is 6.42 Å². The van der Waals surface area contributed by atoms with Crippen LogP contribution in [0.5, 0.6) is 0 Å². The molecule has 0 aliphatic carbocycles. The summed E-state index contributed by atoms with van der Waals surface area (Å²) in [7, 11) is 0. The molecule has 0 spiro atoms. The van der Waals surface area contributed by atoms with Gasteiger partial charge in [-0.25, -0.2) is 4.39 Å². The molecule has 1 atom stereocenters. The van der Waals surface area contributed by atoms with Gasteiger partial charge >= 0.3 is 0 Å². The molecule has 2 N–H and O–H groups in total. The van der Waals surface area contributed by atoms with Gasteiger partial charge in [-0.05, 0) is 36.6 Å². The molecule has 18 heavy (non-hydrogen) atoms. The third-order valence-electron chi connectivity index (χ3n) is 3.17. The summed E-state index contributed by atoms with van der Waals surface area (Å²) >= 11 is 6.02. The van der Waals surface area contributed by atoms with Gasteiger partial charge in [-0.3, -0.25) is 0 Å². The van der Waals surface area contributed by atoms with Crippen LogP contribution in [0.3, 0.4) is 0 Å². The first-order valence-electron chi connectivity index (χ1n) is 6.83. The second-order valence-corrected chi connectivity index (χ2v) is 5.31. The Kier molecular flexibility index (Phi) is 7.29. The quantitative estimate of drug-likeness (QED) is 0.681. The van der Waals surface area contributed by atoms with E-state index >= 15 is 0 Å². The number of hydrogen-bond donors (Lipinski definition) is 1. The highest BCUT2D eigenvalue weighted by Crippen LogP contribution is 2.19. The molecular formula is C15H23ClFN. The van der Waals surface area contributed by atoms with Gasteiger partial charge in [0.1, 0.15) is 5.82 Å². The van der Waals surface area contributed by atoms with Crippen molar-refractivity contribution in [3.8, 4) is 0 Å². The Hall–Kier alpha value is -0.600. The summed E-state index contributed by atoms with van der Waals surface area (Å²) < 4.78 is 13.1. The largest absolute Gasteiger partial charge is 0.327 e. The number of halogens is 2. The molecule has 102 valence electrons. The summed E-state index contributed by atoms with van der Waals surface area (Å²) in [6.07, 6.45) is 7.85. The Bertz CT molecular complexity index is 354. The molecule has 0 aliphatic rings. The fourth-order valence-corrected chi connectivity index (χ4v) is 2.29. The molecule has 0 radical (unpaired) electrons. The minimum absolute atomic E-state index is 0.0749. The van der Waals surface area contributed by atoms with Gasteiger partial charge in [0.05, 0.1) is 0 Å². The van der Waals surface area contributed by atoms with Crippen LogP contribution in [0.1, 0.15) is 51.0 Å². The fraction of sp³-hybridized carbons (Fsp3) is 0.600. The average molecular weight is 272 g/mol. The molecule has 1 aromatic carbocycles.